The molecule has 0 aliphatic rings. The summed E-state index contributed by atoms with van der Waals surface area (Å²) < 4.78 is 1.18. The third kappa shape index (κ3) is 3.59. The lowest BCUT2D eigenvalue weighted by Gasteiger charge is -2.25. The highest BCUT2D eigenvalue weighted by molar-refractivity contribution is 9.10. The standard InChI is InChI=1S/C12H19BrN2/c1-15(2)12(8-5-9-14)10-6-3-4-7-11(10)13/h3-4,6-7,12H,5,8-9,14H2,1-2H3. The first-order chi connectivity index (χ1) is 7.16. The van der Waals surface area contributed by atoms with Crippen molar-refractivity contribution in [3.8, 4) is 0 Å². The molecule has 2 nitrogen and oxygen atoms in total. The van der Waals surface area contributed by atoms with Crippen LogP contribution in [0.5, 0.6) is 0 Å². The molecule has 0 amide bonds. The van der Waals surface area contributed by atoms with Gasteiger partial charge in [-0.3, -0.25) is 0 Å². The van der Waals surface area contributed by atoms with Crippen LogP contribution in [0.3, 0.4) is 0 Å². The highest BCUT2D eigenvalue weighted by Gasteiger charge is 2.15. The maximum absolute atomic E-state index is 5.56. The Bertz CT molecular complexity index is 299. The molecule has 0 saturated carbocycles. The summed E-state index contributed by atoms with van der Waals surface area (Å²) in [6.07, 6.45) is 2.16. The van der Waals surface area contributed by atoms with Crippen LogP contribution in [0.4, 0.5) is 0 Å². The molecule has 0 spiro atoms. The van der Waals surface area contributed by atoms with Crippen molar-refractivity contribution in [2.75, 3.05) is 20.6 Å². The van der Waals surface area contributed by atoms with Gasteiger partial charge in [0.15, 0.2) is 0 Å². The number of halogens is 1. The Kier molecular flexibility index (Phi) is 5.29. The van der Waals surface area contributed by atoms with Crippen LogP contribution in [0.15, 0.2) is 28.7 Å². The van der Waals surface area contributed by atoms with Crippen LogP contribution in [0, 0.1) is 0 Å². The van der Waals surface area contributed by atoms with Crippen molar-refractivity contribution >= 4 is 15.9 Å². The Morgan fingerprint density at radius 3 is 2.53 bits per heavy atom. The van der Waals surface area contributed by atoms with E-state index in [1.807, 2.05) is 6.07 Å². The molecule has 1 aromatic carbocycles. The molecule has 84 valence electrons. The van der Waals surface area contributed by atoms with Gasteiger partial charge in [0.2, 0.25) is 0 Å². The topological polar surface area (TPSA) is 29.3 Å². The lowest BCUT2D eigenvalue weighted by Crippen LogP contribution is -2.21. The van der Waals surface area contributed by atoms with Crippen LogP contribution in [0.1, 0.15) is 24.4 Å². The quantitative estimate of drug-likeness (QED) is 0.892. The maximum atomic E-state index is 5.56. The Morgan fingerprint density at radius 1 is 1.33 bits per heavy atom. The highest BCUT2D eigenvalue weighted by atomic mass is 79.9. The van der Waals surface area contributed by atoms with Crippen LogP contribution < -0.4 is 5.73 Å². The average molecular weight is 271 g/mol. The summed E-state index contributed by atoms with van der Waals surface area (Å²) in [6, 6.07) is 8.84. The van der Waals surface area contributed by atoms with Crippen molar-refractivity contribution in [3.05, 3.63) is 34.3 Å². The van der Waals surface area contributed by atoms with E-state index in [4.69, 9.17) is 5.73 Å². The number of benzene rings is 1. The molecule has 15 heavy (non-hydrogen) atoms. The van der Waals surface area contributed by atoms with Crippen molar-refractivity contribution in [1.82, 2.24) is 4.90 Å². The van der Waals surface area contributed by atoms with Crippen LogP contribution in [0.25, 0.3) is 0 Å². The molecule has 2 N–H and O–H groups in total. The summed E-state index contributed by atoms with van der Waals surface area (Å²) in [6.45, 7) is 0.759. The number of hydrogen-bond acceptors (Lipinski definition) is 2. The molecule has 1 aromatic rings. The van der Waals surface area contributed by atoms with E-state index >= 15 is 0 Å². The smallest absolute Gasteiger partial charge is 0.0353 e. The minimum atomic E-state index is 0.448. The van der Waals surface area contributed by atoms with E-state index in [0.717, 1.165) is 19.4 Å². The molecule has 1 rings (SSSR count). The molecule has 0 radical (unpaired) electrons. The molecular weight excluding hydrogens is 252 g/mol. The predicted molar refractivity (Wildman–Crippen MR) is 68.9 cm³/mol. The maximum Gasteiger partial charge on any atom is 0.0353 e. The van der Waals surface area contributed by atoms with Crippen molar-refractivity contribution in [3.63, 3.8) is 0 Å². The molecule has 0 saturated heterocycles. The Balaban J connectivity index is 2.84. The first-order valence-electron chi connectivity index (χ1n) is 5.27. The van der Waals surface area contributed by atoms with Crippen molar-refractivity contribution in [1.29, 1.82) is 0 Å². The summed E-state index contributed by atoms with van der Waals surface area (Å²) in [5, 5.41) is 0. The Hall–Kier alpha value is -0.380. The molecule has 1 unspecified atom stereocenters. The molecule has 0 fully saturated rings. The van der Waals surface area contributed by atoms with Gasteiger partial charge in [0.25, 0.3) is 0 Å². The summed E-state index contributed by atoms with van der Waals surface area (Å²) >= 11 is 3.60. The minimum Gasteiger partial charge on any atom is -0.330 e. The highest BCUT2D eigenvalue weighted by Crippen LogP contribution is 2.29. The molecular formula is C12H19BrN2. The second-order valence-corrected chi connectivity index (χ2v) is 4.79. The summed E-state index contributed by atoms with van der Waals surface area (Å²) in [5.41, 5.74) is 6.91. The number of rotatable bonds is 5. The zero-order chi connectivity index (χ0) is 11.3. The summed E-state index contributed by atoms with van der Waals surface area (Å²) in [5.74, 6) is 0. The lowest BCUT2D eigenvalue weighted by atomic mass is 10.0. The van der Waals surface area contributed by atoms with E-state index in [1.54, 1.807) is 0 Å². The third-order valence-electron chi connectivity index (χ3n) is 2.57. The zero-order valence-corrected chi connectivity index (χ0v) is 11.0. The molecule has 0 bridgehead atoms. The zero-order valence-electron chi connectivity index (χ0n) is 9.41. The van der Waals surface area contributed by atoms with Crippen LogP contribution in [-0.4, -0.2) is 25.5 Å². The largest absolute Gasteiger partial charge is 0.330 e. The molecule has 0 heterocycles. The van der Waals surface area contributed by atoms with Crippen LogP contribution in [-0.2, 0) is 0 Å². The van der Waals surface area contributed by atoms with Gasteiger partial charge in [-0.15, -0.1) is 0 Å². The van der Waals surface area contributed by atoms with E-state index in [2.05, 4.69) is 53.1 Å². The molecule has 0 aromatic heterocycles. The fourth-order valence-electron chi connectivity index (χ4n) is 1.75. The van der Waals surface area contributed by atoms with Gasteiger partial charge in [0.1, 0.15) is 0 Å². The molecule has 0 aliphatic heterocycles. The van der Waals surface area contributed by atoms with Crippen molar-refractivity contribution in [2.24, 2.45) is 5.73 Å². The van der Waals surface area contributed by atoms with Gasteiger partial charge >= 0.3 is 0 Å². The molecule has 0 aliphatic carbocycles. The van der Waals surface area contributed by atoms with Gasteiger partial charge in [-0.1, -0.05) is 34.1 Å². The van der Waals surface area contributed by atoms with Gasteiger partial charge in [-0.25, -0.2) is 0 Å². The van der Waals surface area contributed by atoms with E-state index in [1.165, 1.54) is 10.0 Å². The van der Waals surface area contributed by atoms with Gasteiger partial charge in [-0.05, 0) is 45.1 Å². The number of hydrogen-bond donors (Lipinski definition) is 1. The van der Waals surface area contributed by atoms with Crippen molar-refractivity contribution in [2.45, 2.75) is 18.9 Å². The Labute approximate surface area is 101 Å². The van der Waals surface area contributed by atoms with Gasteiger partial charge in [0, 0.05) is 10.5 Å². The molecule has 1 atom stereocenters. The monoisotopic (exact) mass is 270 g/mol. The van der Waals surface area contributed by atoms with E-state index < -0.39 is 0 Å². The van der Waals surface area contributed by atoms with Gasteiger partial charge in [-0.2, -0.15) is 0 Å². The normalized spacial score (nSPS) is 13.1. The summed E-state index contributed by atoms with van der Waals surface area (Å²) in [4.78, 5) is 2.25. The lowest BCUT2D eigenvalue weighted by molar-refractivity contribution is 0.279. The van der Waals surface area contributed by atoms with E-state index in [0.29, 0.717) is 6.04 Å². The predicted octanol–water partition coefficient (Wildman–Crippen LogP) is 2.79. The summed E-state index contributed by atoms with van der Waals surface area (Å²) in [7, 11) is 4.22. The first-order valence-corrected chi connectivity index (χ1v) is 6.07. The van der Waals surface area contributed by atoms with E-state index in [9.17, 15) is 0 Å². The van der Waals surface area contributed by atoms with Crippen LogP contribution in [0.2, 0.25) is 0 Å². The fourth-order valence-corrected chi connectivity index (χ4v) is 2.30. The Morgan fingerprint density at radius 2 is 2.00 bits per heavy atom. The van der Waals surface area contributed by atoms with Crippen molar-refractivity contribution < 1.29 is 0 Å². The fraction of sp³-hybridized carbons (Fsp3) is 0.500. The SMILES string of the molecule is CN(C)C(CCCN)c1ccccc1Br. The average Bonchev–Trinajstić information content (AvgIpc) is 2.20. The van der Waals surface area contributed by atoms with Gasteiger partial charge < -0.3 is 10.6 Å². The number of nitrogens with two attached hydrogens (primary N) is 1. The second kappa shape index (κ2) is 6.26. The van der Waals surface area contributed by atoms with Gasteiger partial charge in [0.05, 0.1) is 0 Å². The minimum absolute atomic E-state index is 0.448. The second-order valence-electron chi connectivity index (χ2n) is 3.93. The van der Waals surface area contributed by atoms with E-state index in [-0.39, 0.29) is 0 Å². The third-order valence-corrected chi connectivity index (χ3v) is 3.29. The first kappa shape index (κ1) is 12.7. The number of nitrogens with zero attached hydrogens (tertiary/aromatic N) is 1. The molecule has 3 heteroatoms. The van der Waals surface area contributed by atoms with Crippen LogP contribution >= 0.6 is 15.9 Å².